The van der Waals surface area contributed by atoms with Crippen LogP contribution in [0.2, 0.25) is 0 Å². The third kappa shape index (κ3) is 2.85. The van der Waals surface area contributed by atoms with Crippen molar-refractivity contribution in [3.63, 3.8) is 0 Å². The minimum Gasteiger partial charge on any atom is -0.377 e. The van der Waals surface area contributed by atoms with Crippen LogP contribution in [0.1, 0.15) is 12.5 Å². The quantitative estimate of drug-likeness (QED) is 0.839. The van der Waals surface area contributed by atoms with Crippen LogP contribution in [0.5, 0.6) is 0 Å². The standard InChI is InChI=1S/C15H20N2O2/c1-10-7-8-13(12-6-5-9-16-14(10)12)17-11(2)15(18-3)19-4/h5-9,11,15,17H,1-4H3. The number of rotatable bonds is 5. The van der Waals surface area contributed by atoms with Gasteiger partial charge in [-0.25, -0.2) is 0 Å². The molecule has 0 radical (unpaired) electrons. The Morgan fingerprint density at radius 2 is 1.89 bits per heavy atom. The molecule has 2 rings (SSSR count). The largest absolute Gasteiger partial charge is 0.377 e. The molecule has 0 fully saturated rings. The summed E-state index contributed by atoms with van der Waals surface area (Å²) in [4.78, 5) is 4.43. The molecule has 0 aliphatic rings. The van der Waals surface area contributed by atoms with Crippen molar-refractivity contribution in [1.82, 2.24) is 4.98 Å². The van der Waals surface area contributed by atoms with Crippen LogP contribution < -0.4 is 5.32 Å². The van der Waals surface area contributed by atoms with E-state index in [2.05, 4.69) is 35.4 Å². The van der Waals surface area contributed by atoms with Gasteiger partial charge in [0.15, 0.2) is 6.29 Å². The van der Waals surface area contributed by atoms with Crippen molar-refractivity contribution in [2.75, 3.05) is 19.5 Å². The Bertz CT molecular complexity index is 553. The molecule has 4 nitrogen and oxygen atoms in total. The first-order chi connectivity index (χ1) is 9.17. The number of aromatic nitrogens is 1. The van der Waals surface area contributed by atoms with E-state index in [-0.39, 0.29) is 12.3 Å². The van der Waals surface area contributed by atoms with Gasteiger partial charge in [0, 0.05) is 31.5 Å². The number of fused-ring (bicyclic) bond motifs is 1. The third-order valence-electron chi connectivity index (χ3n) is 3.23. The number of benzene rings is 1. The molecule has 102 valence electrons. The maximum atomic E-state index is 5.27. The molecular formula is C15H20N2O2. The van der Waals surface area contributed by atoms with Crippen LogP contribution in [0.3, 0.4) is 0 Å². The number of pyridine rings is 1. The number of hydrogen-bond acceptors (Lipinski definition) is 4. The van der Waals surface area contributed by atoms with E-state index in [0.29, 0.717) is 0 Å². The molecule has 1 aromatic carbocycles. The third-order valence-corrected chi connectivity index (χ3v) is 3.23. The van der Waals surface area contributed by atoms with E-state index in [1.165, 1.54) is 5.56 Å². The molecule has 1 unspecified atom stereocenters. The second-order valence-corrected chi connectivity index (χ2v) is 4.60. The highest BCUT2D eigenvalue weighted by molar-refractivity contribution is 5.93. The van der Waals surface area contributed by atoms with Gasteiger partial charge in [0.25, 0.3) is 0 Å². The molecule has 1 N–H and O–H groups in total. The van der Waals surface area contributed by atoms with E-state index in [1.54, 1.807) is 14.2 Å². The molecule has 0 saturated heterocycles. The average Bonchev–Trinajstić information content (AvgIpc) is 2.44. The Hall–Kier alpha value is -1.65. The van der Waals surface area contributed by atoms with E-state index in [1.807, 2.05) is 19.2 Å². The minimum atomic E-state index is -0.284. The van der Waals surface area contributed by atoms with Gasteiger partial charge in [0.05, 0.1) is 11.6 Å². The number of aryl methyl sites for hydroxylation is 1. The minimum absolute atomic E-state index is 0.0427. The smallest absolute Gasteiger partial charge is 0.176 e. The van der Waals surface area contributed by atoms with Gasteiger partial charge in [-0.15, -0.1) is 0 Å². The second-order valence-electron chi connectivity index (χ2n) is 4.60. The van der Waals surface area contributed by atoms with Crippen molar-refractivity contribution >= 4 is 16.6 Å². The highest BCUT2D eigenvalue weighted by Gasteiger charge is 2.16. The van der Waals surface area contributed by atoms with Crippen LogP contribution in [-0.2, 0) is 9.47 Å². The van der Waals surface area contributed by atoms with Crippen LogP contribution in [0.15, 0.2) is 30.5 Å². The molecule has 0 amide bonds. The van der Waals surface area contributed by atoms with Crippen molar-refractivity contribution in [1.29, 1.82) is 0 Å². The number of nitrogens with zero attached hydrogens (tertiary/aromatic N) is 1. The number of methoxy groups -OCH3 is 2. The van der Waals surface area contributed by atoms with Crippen molar-refractivity contribution < 1.29 is 9.47 Å². The molecule has 0 spiro atoms. The Kier molecular flexibility index (Phi) is 4.35. The van der Waals surface area contributed by atoms with Crippen LogP contribution >= 0.6 is 0 Å². The molecule has 4 heteroatoms. The molecule has 0 saturated carbocycles. The Morgan fingerprint density at radius 3 is 2.58 bits per heavy atom. The molecule has 1 aromatic heterocycles. The van der Waals surface area contributed by atoms with Gasteiger partial charge in [0.2, 0.25) is 0 Å². The maximum Gasteiger partial charge on any atom is 0.176 e. The fourth-order valence-electron chi connectivity index (χ4n) is 2.26. The van der Waals surface area contributed by atoms with Crippen LogP contribution in [0.25, 0.3) is 10.9 Å². The van der Waals surface area contributed by atoms with Gasteiger partial charge in [-0.2, -0.15) is 0 Å². The number of nitrogens with one attached hydrogen (secondary N) is 1. The molecule has 0 aliphatic carbocycles. The number of anilines is 1. The summed E-state index contributed by atoms with van der Waals surface area (Å²) in [5.41, 5.74) is 3.23. The average molecular weight is 260 g/mol. The lowest BCUT2D eigenvalue weighted by Gasteiger charge is -2.24. The first-order valence-electron chi connectivity index (χ1n) is 6.34. The Labute approximate surface area is 113 Å². The van der Waals surface area contributed by atoms with Crippen molar-refractivity contribution in [2.45, 2.75) is 26.2 Å². The summed E-state index contributed by atoms with van der Waals surface area (Å²) in [5.74, 6) is 0. The van der Waals surface area contributed by atoms with Crippen LogP contribution in [0.4, 0.5) is 5.69 Å². The lowest BCUT2D eigenvalue weighted by molar-refractivity contribution is -0.109. The zero-order valence-electron chi connectivity index (χ0n) is 11.8. The summed E-state index contributed by atoms with van der Waals surface area (Å²) in [6, 6.07) is 8.19. The molecular weight excluding hydrogens is 240 g/mol. The maximum absolute atomic E-state index is 5.27. The van der Waals surface area contributed by atoms with Gasteiger partial charge in [0.1, 0.15) is 0 Å². The summed E-state index contributed by atoms with van der Waals surface area (Å²) in [6.45, 7) is 4.09. The zero-order valence-corrected chi connectivity index (χ0v) is 11.8. The summed E-state index contributed by atoms with van der Waals surface area (Å²) in [6.07, 6.45) is 1.53. The normalized spacial score (nSPS) is 12.9. The molecule has 0 bridgehead atoms. The lowest BCUT2D eigenvalue weighted by Crippen LogP contribution is -2.33. The van der Waals surface area contributed by atoms with E-state index in [9.17, 15) is 0 Å². The number of ether oxygens (including phenoxy) is 2. The summed E-state index contributed by atoms with van der Waals surface area (Å²) in [7, 11) is 3.28. The summed E-state index contributed by atoms with van der Waals surface area (Å²) >= 11 is 0. The van der Waals surface area contributed by atoms with Crippen molar-refractivity contribution in [3.05, 3.63) is 36.0 Å². The topological polar surface area (TPSA) is 43.4 Å². The predicted molar refractivity (Wildman–Crippen MR) is 77.4 cm³/mol. The summed E-state index contributed by atoms with van der Waals surface area (Å²) in [5, 5.41) is 4.54. The zero-order chi connectivity index (χ0) is 13.8. The van der Waals surface area contributed by atoms with Gasteiger partial charge in [-0.1, -0.05) is 6.07 Å². The fraction of sp³-hybridized carbons (Fsp3) is 0.400. The fourth-order valence-corrected chi connectivity index (χ4v) is 2.26. The van der Waals surface area contributed by atoms with Gasteiger partial charge >= 0.3 is 0 Å². The van der Waals surface area contributed by atoms with Gasteiger partial charge in [-0.3, -0.25) is 4.98 Å². The van der Waals surface area contributed by atoms with E-state index in [4.69, 9.17) is 9.47 Å². The van der Waals surface area contributed by atoms with E-state index >= 15 is 0 Å². The first kappa shape index (κ1) is 13.8. The van der Waals surface area contributed by atoms with E-state index in [0.717, 1.165) is 16.6 Å². The first-order valence-corrected chi connectivity index (χ1v) is 6.34. The Morgan fingerprint density at radius 1 is 1.16 bits per heavy atom. The predicted octanol–water partition coefficient (Wildman–Crippen LogP) is 2.96. The highest BCUT2D eigenvalue weighted by Crippen LogP contribution is 2.25. The van der Waals surface area contributed by atoms with Gasteiger partial charge in [-0.05, 0) is 37.6 Å². The molecule has 19 heavy (non-hydrogen) atoms. The molecule has 2 aromatic rings. The van der Waals surface area contributed by atoms with Gasteiger partial charge < -0.3 is 14.8 Å². The van der Waals surface area contributed by atoms with Crippen LogP contribution in [0, 0.1) is 6.92 Å². The van der Waals surface area contributed by atoms with E-state index < -0.39 is 0 Å². The SMILES string of the molecule is COC(OC)C(C)Nc1ccc(C)c2ncccc12. The molecule has 0 aliphatic heterocycles. The Balaban J connectivity index is 2.33. The molecule has 1 atom stereocenters. The van der Waals surface area contributed by atoms with Crippen molar-refractivity contribution in [3.8, 4) is 0 Å². The highest BCUT2D eigenvalue weighted by atomic mass is 16.7. The number of hydrogen-bond donors (Lipinski definition) is 1. The lowest BCUT2D eigenvalue weighted by atomic mass is 10.1. The van der Waals surface area contributed by atoms with Crippen LogP contribution in [-0.4, -0.2) is 31.5 Å². The summed E-state index contributed by atoms with van der Waals surface area (Å²) < 4.78 is 10.5. The monoisotopic (exact) mass is 260 g/mol. The second kappa shape index (κ2) is 5.99. The van der Waals surface area contributed by atoms with Crippen molar-refractivity contribution in [2.24, 2.45) is 0 Å². The molecule has 1 heterocycles.